The number of carbonyl (C=O) groups is 2. The summed E-state index contributed by atoms with van der Waals surface area (Å²) >= 11 is 0. The molecule has 2 aromatic carbocycles. The van der Waals surface area contributed by atoms with Gasteiger partial charge in [-0.2, -0.15) is 0 Å². The Labute approximate surface area is 165 Å². The fourth-order valence-corrected chi connectivity index (χ4v) is 3.59. The summed E-state index contributed by atoms with van der Waals surface area (Å²) in [6, 6.07) is 16.5. The third-order valence-corrected chi connectivity index (χ3v) is 5.15. The van der Waals surface area contributed by atoms with Crippen molar-refractivity contribution in [1.82, 2.24) is 10.6 Å². The topological polar surface area (TPSA) is 93.5 Å². The smallest absolute Gasteiger partial charge is 0.325 e. The highest BCUT2D eigenvalue weighted by Crippen LogP contribution is 2.35. The Morgan fingerprint density at radius 1 is 1.14 bits per heavy atom. The van der Waals surface area contributed by atoms with Crippen LogP contribution in [-0.2, 0) is 22.6 Å². The van der Waals surface area contributed by atoms with Crippen molar-refractivity contribution in [1.29, 1.82) is 0 Å². The van der Waals surface area contributed by atoms with Crippen LogP contribution in [0, 0.1) is 0 Å². The molecule has 4 N–H and O–H groups in total. The molecule has 6 nitrogen and oxygen atoms in total. The highest BCUT2D eigenvalue weighted by atomic mass is 16.5. The zero-order valence-corrected chi connectivity index (χ0v) is 16.1. The van der Waals surface area contributed by atoms with E-state index in [-0.39, 0.29) is 25.2 Å². The van der Waals surface area contributed by atoms with Crippen molar-refractivity contribution in [2.24, 2.45) is 5.73 Å². The van der Waals surface area contributed by atoms with Crippen LogP contribution < -0.4 is 16.4 Å². The van der Waals surface area contributed by atoms with Gasteiger partial charge in [-0.15, -0.1) is 0 Å². The molecule has 2 amide bonds. The van der Waals surface area contributed by atoms with Crippen LogP contribution in [0.3, 0.4) is 0 Å². The number of nitrogens with two attached hydrogens (primary N) is 1. The van der Waals surface area contributed by atoms with Gasteiger partial charge in [0, 0.05) is 18.5 Å². The molecule has 0 heterocycles. The summed E-state index contributed by atoms with van der Waals surface area (Å²) in [6.07, 6.45) is 2.05. The van der Waals surface area contributed by atoms with E-state index in [4.69, 9.17) is 10.5 Å². The van der Waals surface area contributed by atoms with Crippen molar-refractivity contribution in [2.75, 3.05) is 6.54 Å². The number of aryl methyl sites for hydroxylation is 1. The van der Waals surface area contributed by atoms with Crippen molar-refractivity contribution in [2.45, 2.75) is 44.4 Å². The Morgan fingerprint density at radius 2 is 1.86 bits per heavy atom. The van der Waals surface area contributed by atoms with Crippen LogP contribution in [0.25, 0.3) is 0 Å². The van der Waals surface area contributed by atoms with Gasteiger partial charge in [-0.25, -0.2) is 4.79 Å². The molecule has 28 heavy (non-hydrogen) atoms. The van der Waals surface area contributed by atoms with E-state index < -0.39 is 12.0 Å². The first-order chi connectivity index (χ1) is 13.5. The van der Waals surface area contributed by atoms with E-state index >= 15 is 0 Å². The number of amides is 2. The first-order valence-electron chi connectivity index (χ1n) is 9.63. The lowest BCUT2D eigenvalue weighted by molar-refractivity contribution is -0.146. The third-order valence-electron chi connectivity index (χ3n) is 5.15. The summed E-state index contributed by atoms with van der Waals surface area (Å²) in [7, 11) is 0. The van der Waals surface area contributed by atoms with E-state index in [0.717, 1.165) is 18.4 Å². The minimum atomic E-state index is -0.906. The lowest BCUT2D eigenvalue weighted by atomic mass is 9.94. The number of nitrogens with one attached hydrogen (secondary N) is 2. The molecule has 1 aliphatic rings. The standard InChI is InChI=1S/C22H27N3O3/c1-15(18-12-11-17-9-5-6-10-19(17)18)25-22(27)24-13-20(23)21(26)28-14-16-7-3-2-4-8-16/h2-10,15,18,20H,11-14,23H2,1H3,(H2,24,25,27)/t15?,18-,20-/m0/s1. The van der Waals surface area contributed by atoms with Crippen molar-refractivity contribution < 1.29 is 14.3 Å². The van der Waals surface area contributed by atoms with Gasteiger partial charge in [0.1, 0.15) is 12.6 Å². The number of esters is 1. The van der Waals surface area contributed by atoms with Crippen LogP contribution in [0.15, 0.2) is 54.6 Å². The molecule has 1 unspecified atom stereocenters. The molecular weight excluding hydrogens is 354 g/mol. The fourth-order valence-electron chi connectivity index (χ4n) is 3.59. The summed E-state index contributed by atoms with van der Waals surface area (Å²) < 4.78 is 5.19. The zero-order chi connectivity index (χ0) is 19.9. The second kappa shape index (κ2) is 9.37. The molecule has 1 aliphatic carbocycles. The average molecular weight is 381 g/mol. The number of rotatable bonds is 7. The summed E-state index contributed by atoms with van der Waals surface area (Å²) in [5.41, 5.74) is 9.37. The minimum Gasteiger partial charge on any atom is -0.460 e. The summed E-state index contributed by atoms with van der Waals surface area (Å²) in [5, 5.41) is 5.62. The number of ether oxygens (including phenoxy) is 1. The average Bonchev–Trinajstić information content (AvgIpc) is 3.15. The number of carbonyl (C=O) groups excluding carboxylic acids is 2. The van der Waals surface area contributed by atoms with Crippen LogP contribution in [0.2, 0.25) is 0 Å². The summed E-state index contributed by atoms with van der Waals surface area (Å²) in [6.45, 7) is 2.19. The second-order valence-corrected chi connectivity index (χ2v) is 7.19. The minimum absolute atomic E-state index is 0.00935. The van der Waals surface area contributed by atoms with Crippen LogP contribution in [0.5, 0.6) is 0 Å². The van der Waals surface area contributed by atoms with Gasteiger partial charge >= 0.3 is 12.0 Å². The molecule has 0 bridgehead atoms. The number of urea groups is 1. The van der Waals surface area contributed by atoms with E-state index in [1.165, 1.54) is 11.1 Å². The molecule has 0 fully saturated rings. The zero-order valence-electron chi connectivity index (χ0n) is 16.1. The number of hydrogen-bond acceptors (Lipinski definition) is 4. The van der Waals surface area contributed by atoms with Gasteiger partial charge in [0.25, 0.3) is 0 Å². The number of hydrogen-bond donors (Lipinski definition) is 3. The lowest BCUT2D eigenvalue weighted by Gasteiger charge is -2.22. The molecule has 3 rings (SSSR count). The molecule has 0 aliphatic heterocycles. The monoisotopic (exact) mass is 381 g/mol. The molecule has 0 saturated heterocycles. The predicted octanol–water partition coefficient (Wildman–Crippen LogP) is 2.47. The molecule has 2 aromatic rings. The maximum Gasteiger partial charge on any atom is 0.325 e. The molecule has 6 heteroatoms. The van der Waals surface area contributed by atoms with Crippen molar-refractivity contribution in [3.05, 3.63) is 71.3 Å². The SMILES string of the molecule is CC(NC(=O)NC[C@H](N)C(=O)OCc1ccccc1)[C@@H]1CCc2ccccc21. The van der Waals surface area contributed by atoms with Gasteiger partial charge in [0.15, 0.2) is 0 Å². The number of fused-ring (bicyclic) bond motifs is 1. The highest BCUT2D eigenvalue weighted by molar-refractivity contribution is 5.78. The molecule has 0 radical (unpaired) electrons. The quantitative estimate of drug-likeness (QED) is 0.642. The maximum atomic E-state index is 12.2. The van der Waals surface area contributed by atoms with Crippen molar-refractivity contribution in [3.8, 4) is 0 Å². The van der Waals surface area contributed by atoms with Crippen molar-refractivity contribution in [3.63, 3.8) is 0 Å². The normalized spacial score (nSPS) is 17.3. The lowest BCUT2D eigenvalue weighted by Crippen LogP contribution is -2.49. The highest BCUT2D eigenvalue weighted by Gasteiger charge is 2.28. The first-order valence-corrected chi connectivity index (χ1v) is 9.63. The molecule has 0 aromatic heterocycles. The molecule has 0 saturated carbocycles. The fraction of sp³-hybridized carbons (Fsp3) is 0.364. The Kier molecular flexibility index (Phi) is 6.66. The van der Waals surface area contributed by atoms with Crippen LogP contribution in [0.4, 0.5) is 4.79 Å². The van der Waals surface area contributed by atoms with Crippen molar-refractivity contribution >= 4 is 12.0 Å². The molecule has 0 spiro atoms. The van der Waals surface area contributed by atoms with E-state index in [2.05, 4.69) is 22.8 Å². The Hall–Kier alpha value is -2.86. The van der Waals surface area contributed by atoms with Crippen LogP contribution >= 0.6 is 0 Å². The maximum absolute atomic E-state index is 12.2. The Balaban J connectivity index is 1.40. The first kappa shape index (κ1) is 19.9. The largest absolute Gasteiger partial charge is 0.460 e. The van der Waals surface area contributed by atoms with Gasteiger partial charge in [0.2, 0.25) is 0 Å². The van der Waals surface area contributed by atoms with E-state index in [9.17, 15) is 9.59 Å². The number of benzene rings is 2. The van der Waals surface area contributed by atoms with Gasteiger partial charge in [-0.3, -0.25) is 4.79 Å². The van der Waals surface area contributed by atoms with Gasteiger partial charge in [0.05, 0.1) is 0 Å². The van der Waals surface area contributed by atoms with Gasteiger partial charge in [-0.05, 0) is 36.5 Å². The van der Waals surface area contributed by atoms with E-state index in [0.29, 0.717) is 5.92 Å². The Bertz CT molecular complexity index is 810. The molecular formula is C22H27N3O3. The van der Waals surface area contributed by atoms with Crippen LogP contribution in [-0.4, -0.2) is 30.6 Å². The summed E-state index contributed by atoms with van der Waals surface area (Å²) in [4.78, 5) is 24.2. The van der Waals surface area contributed by atoms with Gasteiger partial charge in [-0.1, -0.05) is 54.6 Å². The molecule has 148 valence electrons. The van der Waals surface area contributed by atoms with E-state index in [1.807, 2.05) is 49.4 Å². The Morgan fingerprint density at radius 3 is 2.64 bits per heavy atom. The van der Waals surface area contributed by atoms with Gasteiger partial charge < -0.3 is 21.1 Å². The second-order valence-electron chi connectivity index (χ2n) is 7.19. The predicted molar refractivity (Wildman–Crippen MR) is 108 cm³/mol. The molecule has 3 atom stereocenters. The van der Waals surface area contributed by atoms with E-state index in [1.54, 1.807) is 0 Å². The third kappa shape index (κ3) is 5.10. The van der Waals surface area contributed by atoms with Crippen LogP contribution in [0.1, 0.15) is 36.0 Å². The summed E-state index contributed by atoms with van der Waals surface area (Å²) in [5.74, 6) is -0.242.